The molecule has 0 N–H and O–H groups in total. The fraction of sp³-hybridized carbons (Fsp3) is 0.105. The van der Waals surface area contributed by atoms with Crippen molar-refractivity contribution in [3.05, 3.63) is 77.9 Å². The SMILES string of the molecule is C(=N\OCc1nnco1)/c1ccnc(C(Oc2ccc3ncsc3c2)c2nnco2)c1. The zero-order valence-corrected chi connectivity index (χ0v) is 16.5. The molecule has 5 aromatic rings. The summed E-state index contributed by atoms with van der Waals surface area (Å²) in [5, 5.41) is 19.0. The number of rotatable bonds is 8. The number of hydrogen-bond acceptors (Lipinski definition) is 12. The molecule has 0 saturated heterocycles. The van der Waals surface area contributed by atoms with Crippen LogP contribution in [0.3, 0.4) is 0 Å². The summed E-state index contributed by atoms with van der Waals surface area (Å²) in [7, 11) is 0. The molecule has 0 aliphatic rings. The predicted octanol–water partition coefficient (Wildman–Crippen LogP) is 3.18. The third-order valence-corrected chi connectivity index (χ3v) is 4.89. The van der Waals surface area contributed by atoms with Crippen LogP contribution in [-0.2, 0) is 11.4 Å². The van der Waals surface area contributed by atoms with Crippen LogP contribution in [0.4, 0.5) is 0 Å². The Morgan fingerprint density at radius 3 is 2.87 bits per heavy atom. The predicted molar refractivity (Wildman–Crippen MR) is 107 cm³/mol. The molecule has 0 bridgehead atoms. The van der Waals surface area contributed by atoms with Gasteiger partial charge in [0.2, 0.25) is 18.9 Å². The molecule has 5 rings (SSSR count). The normalized spacial score (nSPS) is 12.4. The quantitative estimate of drug-likeness (QED) is 0.264. The van der Waals surface area contributed by atoms with Gasteiger partial charge in [0.05, 0.1) is 27.6 Å². The number of nitrogens with zero attached hydrogens (tertiary/aromatic N) is 7. The molecule has 11 nitrogen and oxygen atoms in total. The van der Waals surface area contributed by atoms with E-state index in [2.05, 4.69) is 35.5 Å². The number of fused-ring (bicyclic) bond motifs is 1. The molecule has 0 spiro atoms. The van der Waals surface area contributed by atoms with Gasteiger partial charge in [0, 0.05) is 6.20 Å². The molecule has 0 aliphatic carbocycles. The first-order valence-corrected chi connectivity index (χ1v) is 9.85. The highest BCUT2D eigenvalue weighted by atomic mass is 32.1. The Bertz CT molecular complexity index is 1290. The van der Waals surface area contributed by atoms with Crippen LogP contribution < -0.4 is 4.74 Å². The van der Waals surface area contributed by atoms with Crippen LogP contribution in [0.5, 0.6) is 5.75 Å². The molecule has 4 heterocycles. The highest BCUT2D eigenvalue weighted by molar-refractivity contribution is 7.16. The highest BCUT2D eigenvalue weighted by Crippen LogP contribution is 2.29. The Kier molecular flexibility index (Phi) is 5.26. The van der Waals surface area contributed by atoms with Gasteiger partial charge in [0.15, 0.2) is 6.61 Å². The van der Waals surface area contributed by atoms with Crippen molar-refractivity contribution in [2.75, 3.05) is 0 Å². The van der Waals surface area contributed by atoms with Gasteiger partial charge in [0.1, 0.15) is 5.75 Å². The molecular weight excluding hydrogens is 422 g/mol. The van der Waals surface area contributed by atoms with Crippen LogP contribution in [0.2, 0.25) is 0 Å². The van der Waals surface area contributed by atoms with E-state index in [9.17, 15) is 0 Å². The van der Waals surface area contributed by atoms with Crippen molar-refractivity contribution >= 4 is 27.8 Å². The Balaban J connectivity index is 1.37. The number of benzene rings is 1. The first-order chi connectivity index (χ1) is 15.3. The number of oxime groups is 1. The number of ether oxygens (including phenoxy) is 1. The van der Waals surface area contributed by atoms with Crippen molar-refractivity contribution in [1.82, 2.24) is 30.4 Å². The number of aromatic nitrogens is 6. The van der Waals surface area contributed by atoms with E-state index in [1.54, 1.807) is 23.8 Å². The van der Waals surface area contributed by atoms with Gasteiger partial charge in [-0.3, -0.25) is 4.98 Å². The van der Waals surface area contributed by atoms with E-state index < -0.39 is 6.10 Å². The molecule has 4 aromatic heterocycles. The minimum Gasteiger partial charge on any atom is -0.474 e. The molecule has 0 fully saturated rings. The van der Waals surface area contributed by atoms with Gasteiger partial charge in [0.25, 0.3) is 11.8 Å². The Hall–Kier alpha value is -4.19. The Morgan fingerprint density at radius 1 is 1.06 bits per heavy atom. The van der Waals surface area contributed by atoms with Crippen LogP contribution >= 0.6 is 11.3 Å². The minimum absolute atomic E-state index is 0.0716. The summed E-state index contributed by atoms with van der Waals surface area (Å²) >= 11 is 1.53. The smallest absolute Gasteiger partial charge is 0.263 e. The molecule has 12 heteroatoms. The molecule has 1 atom stereocenters. The van der Waals surface area contributed by atoms with Crippen molar-refractivity contribution in [3.8, 4) is 5.75 Å². The molecule has 154 valence electrons. The van der Waals surface area contributed by atoms with E-state index in [1.165, 1.54) is 30.3 Å². The molecule has 31 heavy (non-hydrogen) atoms. The van der Waals surface area contributed by atoms with Crippen molar-refractivity contribution in [2.24, 2.45) is 5.16 Å². The Labute approximate surface area is 178 Å². The van der Waals surface area contributed by atoms with Gasteiger partial charge < -0.3 is 18.4 Å². The maximum atomic E-state index is 6.17. The van der Waals surface area contributed by atoms with E-state index in [1.807, 2.05) is 18.2 Å². The standard InChI is InChI=1S/C19H13N7O4S/c1-2-14-16(31-11-21-14)6-13(1)30-18(19-26-23-10-28-19)15-5-12(3-4-20-15)7-24-29-8-17-25-22-9-27-17/h1-7,9-11,18H,8H2/b24-7+. The van der Waals surface area contributed by atoms with Crippen molar-refractivity contribution in [2.45, 2.75) is 12.7 Å². The maximum Gasteiger partial charge on any atom is 0.263 e. The highest BCUT2D eigenvalue weighted by Gasteiger charge is 2.23. The molecule has 0 amide bonds. The van der Waals surface area contributed by atoms with Gasteiger partial charge in [-0.1, -0.05) is 5.16 Å². The summed E-state index contributed by atoms with van der Waals surface area (Å²) in [4.78, 5) is 13.9. The van der Waals surface area contributed by atoms with Crippen molar-refractivity contribution in [1.29, 1.82) is 0 Å². The average Bonchev–Trinajstić information content (AvgIpc) is 3.57. The summed E-state index contributed by atoms with van der Waals surface area (Å²) in [5.74, 6) is 1.23. The lowest BCUT2D eigenvalue weighted by Gasteiger charge is -2.15. The van der Waals surface area contributed by atoms with E-state index >= 15 is 0 Å². The molecular formula is C19H13N7O4S. The molecule has 1 aromatic carbocycles. The van der Waals surface area contributed by atoms with Crippen LogP contribution in [-0.4, -0.2) is 36.6 Å². The topological polar surface area (TPSA) is 134 Å². The lowest BCUT2D eigenvalue weighted by molar-refractivity contribution is 0.112. The summed E-state index contributed by atoms with van der Waals surface area (Å²) < 4.78 is 17.6. The van der Waals surface area contributed by atoms with Gasteiger partial charge in [-0.25, -0.2) is 4.98 Å². The molecule has 0 radical (unpaired) electrons. The summed E-state index contributed by atoms with van der Waals surface area (Å²) in [6.45, 7) is 0.0716. The number of hydrogen-bond donors (Lipinski definition) is 0. The zero-order valence-electron chi connectivity index (χ0n) is 15.7. The molecule has 1 unspecified atom stereocenters. The lowest BCUT2D eigenvalue weighted by atomic mass is 10.1. The monoisotopic (exact) mass is 435 g/mol. The average molecular weight is 435 g/mol. The second-order valence-corrected chi connectivity index (χ2v) is 7.00. The van der Waals surface area contributed by atoms with E-state index in [0.717, 1.165) is 15.8 Å². The molecule has 0 aliphatic heterocycles. The summed E-state index contributed by atoms with van der Waals surface area (Å²) in [6.07, 6.45) is 4.93. The van der Waals surface area contributed by atoms with E-state index in [0.29, 0.717) is 17.3 Å². The number of pyridine rings is 1. The fourth-order valence-electron chi connectivity index (χ4n) is 2.72. The van der Waals surface area contributed by atoms with E-state index in [4.69, 9.17) is 18.4 Å². The third-order valence-electron chi connectivity index (χ3n) is 4.10. The van der Waals surface area contributed by atoms with Crippen LogP contribution in [0.25, 0.3) is 10.2 Å². The largest absolute Gasteiger partial charge is 0.474 e. The fourth-order valence-corrected chi connectivity index (χ4v) is 3.42. The number of thiazole rings is 1. The second kappa shape index (κ2) is 8.67. The zero-order chi connectivity index (χ0) is 20.9. The first kappa shape index (κ1) is 18.8. The lowest BCUT2D eigenvalue weighted by Crippen LogP contribution is -2.12. The van der Waals surface area contributed by atoms with Crippen LogP contribution in [0, 0.1) is 0 Å². The van der Waals surface area contributed by atoms with Gasteiger partial charge >= 0.3 is 0 Å². The Morgan fingerprint density at radius 2 is 2.00 bits per heavy atom. The van der Waals surface area contributed by atoms with Gasteiger partial charge in [-0.2, -0.15) is 0 Å². The van der Waals surface area contributed by atoms with Gasteiger partial charge in [-0.05, 0) is 35.9 Å². The van der Waals surface area contributed by atoms with E-state index in [-0.39, 0.29) is 12.5 Å². The van der Waals surface area contributed by atoms with Crippen molar-refractivity contribution in [3.63, 3.8) is 0 Å². The van der Waals surface area contributed by atoms with Crippen LogP contribution in [0.1, 0.15) is 29.1 Å². The van der Waals surface area contributed by atoms with Crippen molar-refractivity contribution < 1.29 is 18.4 Å². The first-order valence-electron chi connectivity index (χ1n) is 8.97. The minimum atomic E-state index is -0.708. The maximum absolute atomic E-state index is 6.17. The summed E-state index contributed by atoms with van der Waals surface area (Å²) in [6, 6.07) is 9.20. The van der Waals surface area contributed by atoms with Gasteiger partial charge in [-0.15, -0.1) is 31.7 Å². The van der Waals surface area contributed by atoms with Crippen LogP contribution in [0.15, 0.2) is 68.8 Å². The third kappa shape index (κ3) is 4.38. The second-order valence-electron chi connectivity index (χ2n) is 6.11. The summed E-state index contributed by atoms with van der Waals surface area (Å²) in [5.41, 5.74) is 3.99. The molecule has 0 saturated carbocycles.